The Morgan fingerprint density at radius 1 is 1.20 bits per heavy atom. The van der Waals surface area contributed by atoms with E-state index in [9.17, 15) is 13.2 Å². The minimum atomic E-state index is -3.30. The van der Waals surface area contributed by atoms with E-state index in [1.807, 2.05) is 25.1 Å². The zero-order valence-electron chi connectivity index (χ0n) is 14.0. The number of nitrogens with one attached hydrogen (secondary N) is 1. The third kappa shape index (κ3) is 3.88. The molecule has 1 aliphatic rings. The lowest BCUT2D eigenvalue weighted by Gasteiger charge is -2.29. The number of benzene rings is 2. The van der Waals surface area contributed by atoms with Crippen molar-refractivity contribution in [2.24, 2.45) is 0 Å². The van der Waals surface area contributed by atoms with Crippen LogP contribution in [0.3, 0.4) is 0 Å². The Hall–Kier alpha value is -1.86. The molecule has 0 spiro atoms. The highest BCUT2D eigenvalue weighted by Crippen LogP contribution is 2.30. The van der Waals surface area contributed by atoms with Crippen LogP contribution in [0.25, 0.3) is 0 Å². The predicted molar refractivity (Wildman–Crippen MR) is 104 cm³/mol. The highest BCUT2D eigenvalue weighted by atomic mass is 79.9. The van der Waals surface area contributed by atoms with Crippen LogP contribution in [0.15, 0.2) is 40.9 Å². The van der Waals surface area contributed by atoms with Crippen molar-refractivity contribution in [3.05, 3.63) is 57.6 Å². The number of sulfonamides is 1. The average molecular weight is 423 g/mol. The van der Waals surface area contributed by atoms with Gasteiger partial charge in [0.15, 0.2) is 0 Å². The summed E-state index contributed by atoms with van der Waals surface area (Å²) in [6, 6.07) is 10.8. The minimum absolute atomic E-state index is 0.207. The summed E-state index contributed by atoms with van der Waals surface area (Å²) < 4.78 is 26.2. The van der Waals surface area contributed by atoms with E-state index in [0.717, 1.165) is 34.1 Å². The molecule has 0 fully saturated rings. The van der Waals surface area contributed by atoms with Gasteiger partial charge in [0.1, 0.15) is 0 Å². The van der Waals surface area contributed by atoms with Crippen molar-refractivity contribution in [2.45, 2.75) is 19.8 Å². The van der Waals surface area contributed by atoms with E-state index >= 15 is 0 Å². The topological polar surface area (TPSA) is 66.5 Å². The Morgan fingerprint density at radius 3 is 2.64 bits per heavy atom. The number of hydrogen-bond donors (Lipinski definition) is 1. The van der Waals surface area contributed by atoms with E-state index in [2.05, 4.69) is 21.2 Å². The SMILES string of the molecule is Cc1cc(NC(=O)c2ccc3c(c2)CCCN3S(C)(=O)=O)ccc1Br. The quantitative estimate of drug-likeness (QED) is 0.819. The number of amides is 1. The summed E-state index contributed by atoms with van der Waals surface area (Å²) in [5.74, 6) is -0.207. The normalized spacial score (nSPS) is 14.1. The summed E-state index contributed by atoms with van der Waals surface area (Å²) in [6.07, 6.45) is 2.72. The number of nitrogens with zero attached hydrogens (tertiary/aromatic N) is 1. The third-order valence-corrected chi connectivity index (χ3v) is 6.30. The van der Waals surface area contributed by atoms with Gasteiger partial charge in [0, 0.05) is 22.3 Å². The van der Waals surface area contributed by atoms with Gasteiger partial charge in [-0.2, -0.15) is 0 Å². The van der Waals surface area contributed by atoms with Gasteiger partial charge in [-0.3, -0.25) is 9.10 Å². The second kappa shape index (κ2) is 6.80. The summed E-state index contributed by atoms with van der Waals surface area (Å²) in [7, 11) is -3.30. The second-order valence-corrected chi connectivity index (χ2v) is 8.96. The fraction of sp³-hybridized carbons (Fsp3) is 0.278. The standard InChI is InChI=1S/C18H19BrN2O3S/c1-12-10-15(6-7-16(12)19)20-18(22)14-5-8-17-13(11-14)4-3-9-21(17)25(2,23)24/h5-8,10-11H,3-4,9H2,1-2H3,(H,20,22). The van der Waals surface area contributed by atoms with Crippen LogP contribution >= 0.6 is 15.9 Å². The molecule has 0 bridgehead atoms. The summed E-state index contributed by atoms with van der Waals surface area (Å²) in [6.45, 7) is 2.44. The number of rotatable bonds is 3. The Bertz CT molecular complexity index is 941. The van der Waals surface area contributed by atoms with Gasteiger partial charge in [0.05, 0.1) is 11.9 Å². The Balaban J connectivity index is 1.86. The highest BCUT2D eigenvalue weighted by Gasteiger charge is 2.24. The Morgan fingerprint density at radius 2 is 1.96 bits per heavy atom. The van der Waals surface area contributed by atoms with Crippen LogP contribution in [0.4, 0.5) is 11.4 Å². The van der Waals surface area contributed by atoms with Gasteiger partial charge in [-0.05, 0) is 67.3 Å². The number of anilines is 2. The molecule has 0 unspecified atom stereocenters. The molecule has 2 aromatic rings. The number of carbonyl (C=O) groups is 1. The van der Waals surface area contributed by atoms with Crippen LogP contribution < -0.4 is 9.62 Å². The van der Waals surface area contributed by atoms with Crippen molar-refractivity contribution in [1.82, 2.24) is 0 Å². The number of fused-ring (bicyclic) bond motifs is 1. The van der Waals surface area contributed by atoms with Crippen molar-refractivity contribution >= 4 is 43.2 Å². The van der Waals surface area contributed by atoms with Crippen LogP contribution in [-0.2, 0) is 16.4 Å². The molecular formula is C18H19BrN2O3S. The van der Waals surface area contributed by atoms with Crippen LogP contribution in [0.1, 0.15) is 27.9 Å². The fourth-order valence-corrected chi connectivity index (χ4v) is 4.22. The number of aryl methyl sites for hydroxylation is 2. The molecule has 25 heavy (non-hydrogen) atoms. The largest absolute Gasteiger partial charge is 0.322 e. The Kier molecular flexibility index (Phi) is 4.88. The monoisotopic (exact) mass is 422 g/mol. The van der Waals surface area contributed by atoms with Gasteiger partial charge >= 0.3 is 0 Å². The first-order chi connectivity index (χ1) is 11.8. The molecule has 0 aliphatic carbocycles. The molecule has 1 amide bonds. The summed E-state index contributed by atoms with van der Waals surface area (Å²) >= 11 is 3.44. The van der Waals surface area contributed by atoms with E-state index in [0.29, 0.717) is 17.8 Å². The van der Waals surface area contributed by atoms with E-state index in [-0.39, 0.29) is 5.91 Å². The molecule has 0 radical (unpaired) electrons. The molecule has 0 aromatic heterocycles. The van der Waals surface area contributed by atoms with Crippen LogP contribution in [0, 0.1) is 6.92 Å². The molecule has 1 aliphatic heterocycles. The van der Waals surface area contributed by atoms with E-state index in [4.69, 9.17) is 0 Å². The van der Waals surface area contributed by atoms with Crippen LogP contribution in [-0.4, -0.2) is 27.1 Å². The van der Waals surface area contributed by atoms with Gasteiger partial charge < -0.3 is 5.32 Å². The molecular weight excluding hydrogens is 404 g/mol. The first-order valence-corrected chi connectivity index (χ1v) is 10.6. The van der Waals surface area contributed by atoms with Gasteiger partial charge in [-0.25, -0.2) is 8.42 Å². The lowest BCUT2D eigenvalue weighted by molar-refractivity contribution is 0.102. The van der Waals surface area contributed by atoms with Crippen molar-refractivity contribution in [3.8, 4) is 0 Å². The van der Waals surface area contributed by atoms with E-state index < -0.39 is 10.0 Å². The molecule has 2 aromatic carbocycles. The maximum Gasteiger partial charge on any atom is 0.255 e. The number of hydrogen-bond acceptors (Lipinski definition) is 3. The zero-order valence-corrected chi connectivity index (χ0v) is 16.4. The van der Waals surface area contributed by atoms with Crippen LogP contribution in [0.2, 0.25) is 0 Å². The first-order valence-electron chi connectivity index (χ1n) is 7.94. The Labute approximate surface area is 156 Å². The maximum absolute atomic E-state index is 12.5. The molecule has 1 heterocycles. The highest BCUT2D eigenvalue weighted by molar-refractivity contribution is 9.10. The molecule has 0 atom stereocenters. The molecule has 1 N–H and O–H groups in total. The number of halogens is 1. The molecule has 132 valence electrons. The molecule has 5 nitrogen and oxygen atoms in total. The third-order valence-electron chi connectivity index (χ3n) is 4.23. The molecule has 0 saturated carbocycles. The molecule has 7 heteroatoms. The fourth-order valence-electron chi connectivity index (χ4n) is 2.97. The first kappa shape index (κ1) is 17.9. The minimum Gasteiger partial charge on any atom is -0.322 e. The van der Waals surface area contributed by atoms with Crippen molar-refractivity contribution in [2.75, 3.05) is 22.4 Å². The van der Waals surface area contributed by atoms with Gasteiger partial charge in [0.25, 0.3) is 5.91 Å². The van der Waals surface area contributed by atoms with Crippen molar-refractivity contribution in [3.63, 3.8) is 0 Å². The smallest absolute Gasteiger partial charge is 0.255 e. The lowest BCUT2D eigenvalue weighted by Crippen LogP contribution is -2.34. The maximum atomic E-state index is 12.5. The van der Waals surface area contributed by atoms with Crippen LogP contribution in [0.5, 0.6) is 0 Å². The lowest BCUT2D eigenvalue weighted by atomic mass is 10.0. The van der Waals surface area contributed by atoms with E-state index in [1.54, 1.807) is 18.2 Å². The zero-order chi connectivity index (χ0) is 18.2. The summed E-state index contributed by atoms with van der Waals surface area (Å²) in [5.41, 5.74) is 3.84. The predicted octanol–water partition coefficient (Wildman–Crippen LogP) is 3.72. The van der Waals surface area contributed by atoms with Gasteiger partial charge in [-0.1, -0.05) is 15.9 Å². The van der Waals surface area contributed by atoms with Crippen molar-refractivity contribution in [1.29, 1.82) is 0 Å². The summed E-state index contributed by atoms with van der Waals surface area (Å²) in [4.78, 5) is 12.5. The van der Waals surface area contributed by atoms with Crippen molar-refractivity contribution < 1.29 is 13.2 Å². The summed E-state index contributed by atoms with van der Waals surface area (Å²) in [5, 5.41) is 2.88. The number of carbonyl (C=O) groups excluding carboxylic acids is 1. The van der Waals surface area contributed by atoms with Gasteiger partial charge in [-0.15, -0.1) is 0 Å². The second-order valence-electron chi connectivity index (χ2n) is 6.20. The van der Waals surface area contributed by atoms with Gasteiger partial charge in [0.2, 0.25) is 10.0 Å². The average Bonchev–Trinajstić information content (AvgIpc) is 2.56. The van der Waals surface area contributed by atoms with E-state index in [1.165, 1.54) is 10.6 Å². The molecule has 3 rings (SSSR count). The molecule has 0 saturated heterocycles.